The van der Waals surface area contributed by atoms with Crippen molar-refractivity contribution >= 4 is 17.4 Å². The molecule has 0 aliphatic carbocycles. The summed E-state index contributed by atoms with van der Waals surface area (Å²) < 4.78 is 4.97. The Morgan fingerprint density at radius 1 is 1.11 bits per heavy atom. The molecule has 1 aliphatic heterocycles. The molecular weight excluding hydrogens is 342 g/mol. The summed E-state index contributed by atoms with van der Waals surface area (Å²) in [5, 5.41) is 11.2. The fourth-order valence-corrected chi connectivity index (χ4v) is 3.14. The van der Waals surface area contributed by atoms with Crippen LogP contribution in [-0.2, 0) is 4.74 Å². The van der Waals surface area contributed by atoms with Crippen molar-refractivity contribution < 1.29 is 9.53 Å². The lowest BCUT2D eigenvalue weighted by atomic mass is 10.2. The molecule has 1 saturated heterocycles. The van der Waals surface area contributed by atoms with Gasteiger partial charge in [0.2, 0.25) is 0 Å². The van der Waals surface area contributed by atoms with Gasteiger partial charge in [0.15, 0.2) is 11.5 Å². The number of hydrogen-bond acceptors (Lipinski definition) is 6. The zero-order valence-corrected chi connectivity index (χ0v) is 16.0. The third kappa shape index (κ3) is 5.17. The maximum absolute atomic E-state index is 12.0. The van der Waals surface area contributed by atoms with Gasteiger partial charge in [0.25, 0.3) is 5.91 Å². The SMILES string of the molecule is COCCCNC(=O)c1ccc(N2CCN(c3cccc(C)c3)CC2)nn1. The molecule has 1 N–H and O–H groups in total. The first-order valence-electron chi connectivity index (χ1n) is 9.35. The van der Waals surface area contributed by atoms with Gasteiger partial charge in [-0.15, -0.1) is 10.2 Å². The highest BCUT2D eigenvalue weighted by molar-refractivity contribution is 5.92. The second-order valence-electron chi connectivity index (χ2n) is 6.69. The van der Waals surface area contributed by atoms with Gasteiger partial charge in [-0.05, 0) is 43.2 Å². The summed E-state index contributed by atoms with van der Waals surface area (Å²) >= 11 is 0. The lowest BCUT2D eigenvalue weighted by Crippen LogP contribution is -2.47. The summed E-state index contributed by atoms with van der Waals surface area (Å²) in [4.78, 5) is 16.6. The van der Waals surface area contributed by atoms with Crippen LogP contribution in [0.25, 0.3) is 0 Å². The molecule has 0 saturated carbocycles. The van der Waals surface area contributed by atoms with E-state index in [4.69, 9.17) is 4.74 Å². The first-order valence-corrected chi connectivity index (χ1v) is 9.35. The molecular formula is C20H27N5O2. The number of benzene rings is 1. The van der Waals surface area contributed by atoms with Crippen LogP contribution in [0, 0.1) is 6.92 Å². The highest BCUT2D eigenvalue weighted by atomic mass is 16.5. The average molecular weight is 369 g/mol. The summed E-state index contributed by atoms with van der Waals surface area (Å²) in [5.41, 5.74) is 2.88. The van der Waals surface area contributed by atoms with Crippen molar-refractivity contribution in [2.75, 3.05) is 56.2 Å². The molecule has 144 valence electrons. The van der Waals surface area contributed by atoms with Crippen molar-refractivity contribution in [1.82, 2.24) is 15.5 Å². The zero-order chi connectivity index (χ0) is 19.1. The number of carbonyl (C=O) groups is 1. The predicted octanol–water partition coefficient (Wildman–Crippen LogP) is 1.88. The van der Waals surface area contributed by atoms with E-state index in [0.29, 0.717) is 18.8 Å². The van der Waals surface area contributed by atoms with E-state index >= 15 is 0 Å². The zero-order valence-electron chi connectivity index (χ0n) is 16.0. The number of anilines is 2. The molecule has 0 spiro atoms. The van der Waals surface area contributed by atoms with Gasteiger partial charge in [-0.1, -0.05) is 12.1 Å². The number of nitrogens with zero attached hydrogens (tertiary/aromatic N) is 4. The number of aromatic nitrogens is 2. The Bertz CT molecular complexity index is 742. The first-order chi connectivity index (χ1) is 13.2. The molecule has 2 heterocycles. The molecule has 1 aromatic carbocycles. The highest BCUT2D eigenvalue weighted by Gasteiger charge is 2.19. The van der Waals surface area contributed by atoms with Crippen molar-refractivity contribution in [3.8, 4) is 0 Å². The van der Waals surface area contributed by atoms with E-state index in [9.17, 15) is 4.79 Å². The first kappa shape index (κ1) is 19.1. The van der Waals surface area contributed by atoms with Gasteiger partial charge in [0, 0.05) is 52.1 Å². The van der Waals surface area contributed by atoms with Crippen molar-refractivity contribution in [2.24, 2.45) is 0 Å². The number of methoxy groups -OCH3 is 1. The van der Waals surface area contributed by atoms with Gasteiger partial charge < -0.3 is 19.9 Å². The molecule has 1 aliphatic rings. The molecule has 27 heavy (non-hydrogen) atoms. The second-order valence-corrected chi connectivity index (χ2v) is 6.69. The Morgan fingerprint density at radius 3 is 2.56 bits per heavy atom. The average Bonchev–Trinajstić information content (AvgIpc) is 2.71. The van der Waals surface area contributed by atoms with Crippen molar-refractivity contribution in [3.63, 3.8) is 0 Å². The minimum absolute atomic E-state index is 0.200. The summed E-state index contributed by atoms with van der Waals surface area (Å²) in [5.74, 6) is 0.615. The summed E-state index contributed by atoms with van der Waals surface area (Å²) in [6.45, 7) is 6.94. The molecule has 0 bridgehead atoms. The number of piperazine rings is 1. The predicted molar refractivity (Wildman–Crippen MR) is 106 cm³/mol. The minimum Gasteiger partial charge on any atom is -0.385 e. The monoisotopic (exact) mass is 369 g/mol. The maximum atomic E-state index is 12.0. The molecule has 0 unspecified atom stereocenters. The molecule has 1 aromatic heterocycles. The number of amides is 1. The fraction of sp³-hybridized carbons (Fsp3) is 0.450. The van der Waals surface area contributed by atoms with E-state index in [-0.39, 0.29) is 5.91 Å². The number of carbonyl (C=O) groups excluding carboxylic acids is 1. The van der Waals surface area contributed by atoms with Crippen molar-refractivity contribution in [3.05, 3.63) is 47.7 Å². The van der Waals surface area contributed by atoms with E-state index in [2.05, 4.69) is 56.5 Å². The Morgan fingerprint density at radius 2 is 1.89 bits per heavy atom. The van der Waals surface area contributed by atoms with Crippen molar-refractivity contribution in [2.45, 2.75) is 13.3 Å². The molecule has 2 aromatic rings. The van der Waals surface area contributed by atoms with Gasteiger partial charge in [0.1, 0.15) is 0 Å². The van der Waals surface area contributed by atoms with E-state index in [1.807, 2.05) is 6.07 Å². The van der Waals surface area contributed by atoms with Gasteiger partial charge in [-0.25, -0.2) is 0 Å². The highest BCUT2D eigenvalue weighted by Crippen LogP contribution is 2.20. The van der Waals surface area contributed by atoms with E-state index < -0.39 is 0 Å². The number of ether oxygens (including phenoxy) is 1. The van der Waals surface area contributed by atoms with Crippen LogP contribution in [-0.4, -0.2) is 62.5 Å². The van der Waals surface area contributed by atoms with Crippen LogP contribution >= 0.6 is 0 Å². The third-order valence-corrected chi connectivity index (χ3v) is 4.66. The molecule has 1 fully saturated rings. The Balaban J connectivity index is 1.52. The van der Waals surface area contributed by atoms with E-state index in [1.165, 1.54) is 11.3 Å². The Labute approximate surface area is 160 Å². The molecule has 7 heteroatoms. The van der Waals surface area contributed by atoms with E-state index in [0.717, 1.165) is 38.4 Å². The molecule has 0 radical (unpaired) electrons. The van der Waals surface area contributed by atoms with Crippen molar-refractivity contribution in [1.29, 1.82) is 0 Å². The fourth-order valence-electron chi connectivity index (χ4n) is 3.14. The third-order valence-electron chi connectivity index (χ3n) is 4.66. The summed E-state index contributed by atoms with van der Waals surface area (Å²) in [6.07, 6.45) is 0.777. The molecule has 1 amide bonds. The number of aryl methyl sites for hydroxylation is 1. The molecule has 3 rings (SSSR count). The normalized spacial score (nSPS) is 14.3. The van der Waals surface area contributed by atoms with Crippen LogP contribution in [0.1, 0.15) is 22.5 Å². The molecule has 7 nitrogen and oxygen atoms in total. The van der Waals surface area contributed by atoms with Crippen LogP contribution in [0.3, 0.4) is 0 Å². The van der Waals surface area contributed by atoms with Gasteiger partial charge in [-0.3, -0.25) is 4.79 Å². The van der Waals surface area contributed by atoms with Gasteiger partial charge in [0.05, 0.1) is 0 Å². The van der Waals surface area contributed by atoms with Crippen LogP contribution in [0.5, 0.6) is 0 Å². The van der Waals surface area contributed by atoms with Crippen LogP contribution in [0.4, 0.5) is 11.5 Å². The van der Waals surface area contributed by atoms with Crippen LogP contribution in [0.2, 0.25) is 0 Å². The van der Waals surface area contributed by atoms with Gasteiger partial charge in [-0.2, -0.15) is 0 Å². The quantitative estimate of drug-likeness (QED) is 0.752. The smallest absolute Gasteiger partial charge is 0.271 e. The Hall–Kier alpha value is -2.67. The largest absolute Gasteiger partial charge is 0.385 e. The maximum Gasteiger partial charge on any atom is 0.271 e. The number of rotatable bonds is 7. The standard InChI is InChI=1S/C20H27N5O2/c1-16-5-3-6-17(15-16)24-10-12-25(13-11-24)19-8-7-18(22-23-19)20(26)21-9-4-14-27-2/h3,5-8,15H,4,9-14H2,1-2H3,(H,21,26). The lowest BCUT2D eigenvalue weighted by molar-refractivity contribution is 0.0942. The van der Waals surface area contributed by atoms with Crippen LogP contribution < -0.4 is 15.1 Å². The number of hydrogen-bond donors (Lipinski definition) is 1. The molecule has 0 atom stereocenters. The lowest BCUT2D eigenvalue weighted by Gasteiger charge is -2.36. The van der Waals surface area contributed by atoms with Gasteiger partial charge >= 0.3 is 0 Å². The second kappa shape index (κ2) is 9.32. The summed E-state index contributed by atoms with van der Waals surface area (Å²) in [6, 6.07) is 12.2. The topological polar surface area (TPSA) is 70.6 Å². The number of nitrogens with one attached hydrogen (secondary N) is 1. The van der Waals surface area contributed by atoms with E-state index in [1.54, 1.807) is 13.2 Å². The summed E-state index contributed by atoms with van der Waals surface area (Å²) in [7, 11) is 1.65. The Kier molecular flexibility index (Phi) is 6.59. The minimum atomic E-state index is -0.200. The van der Waals surface area contributed by atoms with Crippen LogP contribution in [0.15, 0.2) is 36.4 Å².